The molecule has 0 atom stereocenters. The van der Waals surface area contributed by atoms with Crippen LogP contribution in [0.25, 0.3) is 0 Å². The van der Waals surface area contributed by atoms with Crippen LogP contribution < -0.4 is 0 Å². The lowest BCUT2D eigenvalue weighted by Crippen LogP contribution is -2.02. The lowest BCUT2D eigenvalue weighted by Gasteiger charge is -2.02. The molecule has 0 spiro atoms. The second-order valence-corrected chi connectivity index (χ2v) is 3.75. The predicted molar refractivity (Wildman–Crippen MR) is 59.7 cm³/mol. The van der Waals surface area contributed by atoms with Gasteiger partial charge in [-0.1, -0.05) is 12.1 Å². The van der Waals surface area contributed by atoms with E-state index in [1.807, 2.05) is 0 Å². The summed E-state index contributed by atoms with van der Waals surface area (Å²) in [6.45, 7) is 1.71. The number of aromatic carboxylic acids is 1. The molecule has 1 aliphatic rings. The number of amides is 1. The van der Waals surface area contributed by atoms with Gasteiger partial charge in [-0.25, -0.2) is 4.79 Å². The Morgan fingerprint density at radius 1 is 1.35 bits per heavy atom. The number of hydrogen-bond acceptors (Lipinski definition) is 3. The van der Waals surface area contributed by atoms with Crippen molar-refractivity contribution in [1.82, 2.24) is 0 Å². The van der Waals surface area contributed by atoms with E-state index in [2.05, 4.69) is 10.2 Å². The van der Waals surface area contributed by atoms with Gasteiger partial charge in [-0.05, 0) is 24.6 Å². The van der Waals surface area contributed by atoms with Crippen molar-refractivity contribution < 1.29 is 14.7 Å². The molecule has 0 saturated carbocycles. The Bertz CT molecular complexity index is 559. The molecule has 0 radical (unpaired) electrons. The van der Waals surface area contributed by atoms with Crippen LogP contribution in [0.15, 0.2) is 45.8 Å². The fourth-order valence-corrected chi connectivity index (χ4v) is 1.62. The molecule has 1 aliphatic heterocycles. The Morgan fingerprint density at radius 3 is 2.71 bits per heavy atom. The minimum atomic E-state index is -0.982. The standard InChI is InChI=1S/C12H10N2O3/c1-7-10(11(15)14-13-7)6-8-3-2-4-9(5-8)12(16)17/h2-5H,6H2,1H3,(H,16,17). The molecular formula is C12H10N2O3. The maximum atomic E-state index is 11.4. The highest BCUT2D eigenvalue weighted by Crippen LogP contribution is 2.20. The van der Waals surface area contributed by atoms with Crippen molar-refractivity contribution in [2.75, 3.05) is 0 Å². The summed E-state index contributed by atoms with van der Waals surface area (Å²) in [6.07, 6.45) is 0.360. The van der Waals surface area contributed by atoms with Crippen molar-refractivity contribution in [3.8, 4) is 0 Å². The summed E-state index contributed by atoms with van der Waals surface area (Å²) in [7, 11) is 0. The molecule has 0 unspecified atom stereocenters. The second kappa shape index (κ2) is 4.29. The summed E-state index contributed by atoms with van der Waals surface area (Å²) in [5.74, 6) is -1.33. The molecule has 1 amide bonds. The highest BCUT2D eigenvalue weighted by Gasteiger charge is 2.18. The van der Waals surface area contributed by atoms with E-state index in [-0.39, 0.29) is 11.5 Å². The van der Waals surface area contributed by atoms with Gasteiger partial charge in [-0.15, -0.1) is 5.11 Å². The lowest BCUT2D eigenvalue weighted by molar-refractivity contribution is -0.114. The van der Waals surface area contributed by atoms with Crippen LogP contribution >= 0.6 is 0 Å². The summed E-state index contributed by atoms with van der Waals surface area (Å²) >= 11 is 0. The van der Waals surface area contributed by atoms with E-state index in [1.165, 1.54) is 6.07 Å². The molecule has 2 rings (SSSR count). The summed E-state index contributed by atoms with van der Waals surface area (Å²) in [4.78, 5) is 22.2. The van der Waals surface area contributed by atoms with Crippen molar-refractivity contribution in [1.29, 1.82) is 0 Å². The monoisotopic (exact) mass is 230 g/mol. The van der Waals surface area contributed by atoms with E-state index >= 15 is 0 Å². The van der Waals surface area contributed by atoms with Gasteiger partial charge in [-0.2, -0.15) is 5.11 Å². The van der Waals surface area contributed by atoms with E-state index in [0.717, 1.165) is 5.56 Å². The third-order valence-corrected chi connectivity index (χ3v) is 2.54. The molecule has 0 aliphatic carbocycles. The molecule has 1 heterocycles. The first-order valence-corrected chi connectivity index (χ1v) is 5.06. The first kappa shape index (κ1) is 11.2. The Kier molecular flexibility index (Phi) is 2.82. The third kappa shape index (κ3) is 2.28. The number of azo groups is 1. The van der Waals surface area contributed by atoms with Crippen LogP contribution in [0, 0.1) is 0 Å². The van der Waals surface area contributed by atoms with Gasteiger partial charge < -0.3 is 5.11 Å². The molecule has 0 saturated heterocycles. The third-order valence-electron chi connectivity index (χ3n) is 2.54. The van der Waals surface area contributed by atoms with Gasteiger partial charge in [0.25, 0.3) is 5.91 Å². The molecule has 5 heteroatoms. The fraction of sp³-hybridized carbons (Fsp3) is 0.167. The Morgan fingerprint density at radius 2 is 2.12 bits per heavy atom. The summed E-state index contributed by atoms with van der Waals surface area (Å²) in [5, 5.41) is 16.0. The molecule has 1 aromatic rings. The number of nitrogens with zero attached hydrogens (tertiary/aromatic N) is 2. The smallest absolute Gasteiger partial charge is 0.335 e. The van der Waals surface area contributed by atoms with Crippen molar-refractivity contribution >= 4 is 11.9 Å². The van der Waals surface area contributed by atoms with Crippen LogP contribution in [0.5, 0.6) is 0 Å². The number of carboxylic acid groups (broad SMARTS) is 1. The fourth-order valence-electron chi connectivity index (χ4n) is 1.62. The molecular weight excluding hydrogens is 220 g/mol. The second-order valence-electron chi connectivity index (χ2n) is 3.75. The SMILES string of the molecule is CC1=C(Cc2cccc(C(=O)O)c2)C(=O)N=N1. The predicted octanol–water partition coefficient (Wildman–Crippen LogP) is 2.19. The van der Waals surface area contributed by atoms with Crippen molar-refractivity contribution in [2.24, 2.45) is 10.2 Å². The minimum Gasteiger partial charge on any atom is -0.478 e. The average molecular weight is 230 g/mol. The van der Waals surface area contributed by atoms with Crippen LogP contribution in [-0.4, -0.2) is 17.0 Å². The number of rotatable bonds is 3. The molecule has 0 fully saturated rings. The molecule has 0 aromatic heterocycles. The van der Waals surface area contributed by atoms with Gasteiger partial charge in [0.1, 0.15) is 0 Å². The minimum absolute atomic E-state index is 0.208. The molecule has 5 nitrogen and oxygen atoms in total. The molecule has 0 bridgehead atoms. The van der Waals surface area contributed by atoms with Gasteiger partial charge in [-0.3, -0.25) is 4.79 Å². The molecule has 17 heavy (non-hydrogen) atoms. The Labute approximate surface area is 97.5 Å². The Balaban J connectivity index is 2.26. The summed E-state index contributed by atoms with van der Waals surface area (Å²) < 4.78 is 0. The number of carbonyl (C=O) groups is 2. The van der Waals surface area contributed by atoms with E-state index in [1.54, 1.807) is 25.1 Å². The summed E-state index contributed by atoms with van der Waals surface area (Å²) in [5.41, 5.74) is 2.09. The van der Waals surface area contributed by atoms with Crippen LogP contribution in [0.1, 0.15) is 22.8 Å². The topological polar surface area (TPSA) is 79.1 Å². The van der Waals surface area contributed by atoms with Crippen LogP contribution in [-0.2, 0) is 11.2 Å². The number of allylic oxidation sites excluding steroid dienone is 1. The number of carbonyl (C=O) groups excluding carboxylic acids is 1. The first-order chi connectivity index (χ1) is 8.08. The van der Waals surface area contributed by atoms with Gasteiger partial charge >= 0.3 is 5.97 Å². The van der Waals surface area contributed by atoms with Crippen molar-refractivity contribution in [2.45, 2.75) is 13.3 Å². The van der Waals surface area contributed by atoms with E-state index < -0.39 is 5.97 Å². The van der Waals surface area contributed by atoms with Gasteiger partial charge in [0.05, 0.1) is 11.3 Å². The molecule has 86 valence electrons. The van der Waals surface area contributed by atoms with Crippen molar-refractivity contribution in [3.63, 3.8) is 0 Å². The van der Waals surface area contributed by atoms with Crippen LogP contribution in [0.2, 0.25) is 0 Å². The van der Waals surface area contributed by atoms with E-state index in [4.69, 9.17) is 5.11 Å². The first-order valence-electron chi connectivity index (χ1n) is 5.06. The number of benzene rings is 1. The normalized spacial score (nSPS) is 14.5. The Hall–Kier alpha value is -2.30. The average Bonchev–Trinajstić information content (AvgIpc) is 2.61. The van der Waals surface area contributed by atoms with Gasteiger partial charge in [0.2, 0.25) is 0 Å². The number of hydrogen-bond donors (Lipinski definition) is 1. The zero-order valence-electron chi connectivity index (χ0n) is 9.17. The highest BCUT2D eigenvalue weighted by molar-refractivity contribution is 5.96. The summed E-state index contributed by atoms with van der Waals surface area (Å²) in [6, 6.07) is 6.49. The highest BCUT2D eigenvalue weighted by atomic mass is 16.4. The van der Waals surface area contributed by atoms with Crippen molar-refractivity contribution in [3.05, 3.63) is 46.7 Å². The van der Waals surface area contributed by atoms with Crippen LogP contribution in [0.4, 0.5) is 0 Å². The van der Waals surface area contributed by atoms with E-state index in [9.17, 15) is 9.59 Å². The maximum absolute atomic E-state index is 11.4. The van der Waals surface area contributed by atoms with E-state index in [0.29, 0.717) is 17.7 Å². The zero-order chi connectivity index (χ0) is 12.4. The number of carboxylic acids is 1. The zero-order valence-corrected chi connectivity index (χ0v) is 9.17. The van der Waals surface area contributed by atoms with Crippen LogP contribution in [0.3, 0.4) is 0 Å². The molecule has 1 aromatic carbocycles. The van der Waals surface area contributed by atoms with Gasteiger partial charge in [0, 0.05) is 12.0 Å². The molecule has 1 N–H and O–H groups in total. The lowest BCUT2D eigenvalue weighted by atomic mass is 10.0. The maximum Gasteiger partial charge on any atom is 0.335 e. The van der Waals surface area contributed by atoms with Gasteiger partial charge in [0.15, 0.2) is 0 Å². The largest absolute Gasteiger partial charge is 0.478 e. The quantitative estimate of drug-likeness (QED) is 0.864.